The molecule has 0 bridgehead atoms. The Morgan fingerprint density at radius 3 is 1.40 bits per heavy atom. The van der Waals surface area contributed by atoms with Gasteiger partial charge < -0.3 is 14.2 Å². The number of hydrogen-bond acceptors (Lipinski definition) is 4. The van der Waals surface area contributed by atoms with Crippen LogP contribution in [0.3, 0.4) is 0 Å². The third-order valence-electron chi connectivity index (χ3n) is 5.49. The van der Waals surface area contributed by atoms with Gasteiger partial charge >= 0.3 is 5.97 Å². The van der Waals surface area contributed by atoms with E-state index in [4.69, 9.17) is 14.2 Å². The van der Waals surface area contributed by atoms with E-state index in [1.165, 1.54) is 89.9 Å². The van der Waals surface area contributed by atoms with Crippen LogP contribution < -0.4 is 0 Å². The number of hydrogen-bond donors (Lipinski definition) is 0. The number of carbonyl (C=O) groups is 1. The van der Waals surface area contributed by atoms with E-state index in [0.717, 1.165) is 25.9 Å². The van der Waals surface area contributed by atoms with Gasteiger partial charge in [0.05, 0.1) is 19.8 Å². The highest BCUT2D eigenvalue weighted by Gasteiger charge is 2.02. The molecule has 0 aromatic heterocycles. The molecule has 0 unspecified atom stereocenters. The average molecular weight is 429 g/mol. The van der Waals surface area contributed by atoms with Crippen LogP contribution in [0, 0.1) is 0 Å². The summed E-state index contributed by atoms with van der Waals surface area (Å²) in [5.41, 5.74) is 0. The van der Waals surface area contributed by atoms with E-state index in [9.17, 15) is 4.79 Å². The lowest BCUT2D eigenvalue weighted by Crippen LogP contribution is -2.13. The summed E-state index contributed by atoms with van der Waals surface area (Å²) in [6, 6.07) is 0. The van der Waals surface area contributed by atoms with Gasteiger partial charge in [-0.15, -0.1) is 0 Å². The van der Waals surface area contributed by atoms with Crippen molar-refractivity contribution in [2.24, 2.45) is 0 Å². The summed E-state index contributed by atoms with van der Waals surface area (Å²) in [6.07, 6.45) is 22.6. The Kier molecular flexibility index (Phi) is 25.9. The van der Waals surface area contributed by atoms with Crippen molar-refractivity contribution in [2.45, 2.75) is 129 Å². The first-order valence-corrected chi connectivity index (χ1v) is 13.1. The Hall–Kier alpha value is -0.610. The lowest BCUT2D eigenvalue weighted by atomic mass is 10.1. The van der Waals surface area contributed by atoms with Crippen LogP contribution in [0.25, 0.3) is 0 Å². The molecule has 0 aromatic rings. The molecule has 0 amide bonds. The number of carbonyl (C=O) groups excluding carboxylic acids is 1. The predicted octanol–water partition coefficient (Wildman–Crippen LogP) is 7.62. The van der Waals surface area contributed by atoms with E-state index in [-0.39, 0.29) is 5.97 Å². The highest BCUT2D eigenvalue weighted by molar-refractivity contribution is 5.69. The van der Waals surface area contributed by atoms with Crippen molar-refractivity contribution in [3.05, 3.63) is 0 Å². The lowest BCUT2D eigenvalue weighted by Gasteiger charge is -2.07. The van der Waals surface area contributed by atoms with Crippen LogP contribution in [0.2, 0.25) is 0 Å². The topological polar surface area (TPSA) is 44.8 Å². The second kappa shape index (κ2) is 26.4. The van der Waals surface area contributed by atoms with E-state index < -0.39 is 0 Å². The quantitative estimate of drug-likeness (QED) is 0.111. The number of unbranched alkanes of at least 4 members (excludes halogenated alkanes) is 15. The van der Waals surface area contributed by atoms with Crippen LogP contribution in [0.5, 0.6) is 0 Å². The molecular weight excluding hydrogens is 376 g/mol. The molecule has 0 heterocycles. The van der Waals surface area contributed by atoms with Gasteiger partial charge in [-0.2, -0.15) is 0 Å². The molecule has 0 aromatic carbocycles. The standard InChI is InChI=1S/C26H52O4/c1-3-5-7-9-11-12-13-14-15-17-19-21-28-22-23-29-24-25-30-26(27)20-18-16-10-8-6-4-2/h3-25H2,1-2H3. The molecule has 4 nitrogen and oxygen atoms in total. The summed E-state index contributed by atoms with van der Waals surface area (Å²) >= 11 is 0. The first kappa shape index (κ1) is 29.4. The molecule has 0 aliphatic carbocycles. The van der Waals surface area contributed by atoms with Crippen molar-refractivity contribution in [3.8, 4) is 0 Å². The number of ether oxygens (including phenoxy) is 3. The molecule has 0 saturated heterocycles. The van der Waals surface area contributed by atoms with E-state index in [1.807, 2.05) is 0 Å². The van der Waals surface area contributed by atoms with E-state index in [0.29, 0.717) is 32.8 Å². The Bertz CT molecular complexity index is 333. The summed E-state index contributed by atoms with van der Waals surface area (Å²) < 4.78 is 16.3. The Labute approximate surface area is 187 Å². The fourth-order valence-corrected chi connectivity index (χ4v) is 3.53. The fourth-order valence-electron chi connectivity index (χ4n) is 3.53. The van der Waals surface area contributed by atoms with Gasteiger partial charge in [0.1, 0.15) is 6.61 Å². The first-order valence-electron chi connectivity index (χ1n) is 13.1. The molecule has 180 valence electrons. The van der Waals surface area contributed by atoms with Gasteiger partial charge in [0, 0.05) is 13.0 Å². The van der Waals surface area contributed by atoms with E-state index in [2.05, 4.69) is 13.8 Å². The smallest absolute Gasteiger partial charge is 0.305 e. The van der Waals surface area contributed by atoms with Crippen LogP contribution in [0.1, 0.15) is 129 Å². The Morgan fingerprint density at radius 2 is 0.867 bits per heavy atom. The third kappa shape index (κ3) is 25.4. The molecule has 0 spiro atoms. The third-order valence-corrected chi connectivity index (χ3v) is 5.49. The second-order valence-electron chi connectivity index (χ2n) is 8.50. The minimum Gasteiger partial charge on any atom is -0.463 e. The van der Waals surface area contributed by atoms with E-state index >= 15 is 0 Å². The highest BCUT2D eigenvalue weighted by atomic mass is 16.6. The minimum absolute atomic E-state index is 0.0955. The minimum atomic E-state index is -0.0955. The van der Waals surface area contributed by atoms with Gasteiger partial charge in [-0.05, 0) is 12.8 Å². The summed E-state index contributed by atoms with van der Waals surface area (Å²) in [4.78, 5) is 11.6. The van der Waals surface area contributed by atoms with Gasteiger partial charge in [0.25, 0.3) is 0 Å². The highest BCUT2D eigenvalue weighted by Crippen LogP contribution is 2.11. The maximum Gasteiger partial charge on any atom is 0.305 e. The first-order chi connectivity index (χ1) is 14.8. The van der Waals surface area contributed by atoms with Gasteiger partial charge in [0.2, 0.25) is 0 Å². The van der Waals surface area contributed by atoms with Crippen LogP contribution in [-0.4, -0.2) is 39.0 Å². The number of rotatable bonds is 25. The van der Waals surface area contributed by atoms with Crippen LogP contribution in [-0.2, 0) is 19.0 Å². The molecular formula is C26H52O4. The molecule has 0 saturated carbocycles. The maximum atomic E-state index is 11.6. The Morgan fingerprint density at radius 1 is 0.467 bits per heavy atom. The zero-order chi connectivity index (χ0) is 22.0. The molecule has 0 fully saturated rings. The molecule has 0 radical (unpaired) electrons. The number of esters is 1. The van der Waals surface area contributed by atoms with Crippen molar-refractivity contribution < 1.29 is 19.0 Å². The van der Waals surface area contributed by atoms with Crippen LogP contribution in [0.4, 0.5) is 0 Å². The summed E-state index contributed by atoms with van der Waals surface area (Å²) in [7, 11) is 0. The normalized spacial score (nSPS) is 11.1. The largest absolute Gasteiger partial charge is 0.463 e. The van der Waals surface area contributed by atoms with Gasteiger partial charge in [-0.1, -0.05) is 110 Å². The van der Waals surface area contributed by atoms with Crippen molar-refractivity contribution in [1.29, 1.82) is 0 Å². The van der Waals surface area contributed by atoms with Crippen molar-refractivity contribution in [1.82, 2.24) is 0 Å². The fraction of sp³-hybridized carbons (Fsp3) is 0.962. The molecule has 0 N–H and O–H groups in total. The molecule has 0 aliphatic rings. The zero-order valence-corrected chi connectivity index (χ0v) is 20.4. The van der Waals surface area contributed by atoms with E-state index in [1.54, 1.807) is 0 Å². The monoisotopic (exact) mass is 428 g/mol. The molecule has 4 heteroatoms. The van der Waals surface area contributed by atoms with Gasteiger partial charge in [0.15, 0.2) is 0 Å². The SMILES string of the molecule is CCCCCCCCCCCCCOCCOCCOC(=O)CCCCCCCC. The summed E-state index contributed by atoms with van der Waals surface area (Å²) in [6.45, 7) is 7.33. The van der Waals surface area contributed by atoms with Crippen LogP contribution >= 0.6 is 0 Å². The zero-order valence-electron chi connectivity index (χ0n) is 20.4. The lowest BCUT2D eigenvalue weighted by molar-refractivity contribution is -0.145. The average Bonchev–Trinajstić information content (AvgIpc) is 2.75. The molecule has 30 heavy (non-hydrogen) atoms. The maximum absolute atomic E-state index is 11.6. The van der Waals surface area contributed by atoms with Crippen LogP contribution in [0.15, 0.2) is 0 Å². The van der Waals surface area contributed by atoms with Gasteiger partial charge in [-0.3, -0.25) is 4.79 Å². The van der Waals surface area contributed by atoms with Crippen molar-refractivity contribution in [3.63, 3.8) is 0 Å². The predicted molar refractivity (Wildman–Crippen MR) is 127 cm³/mol. The summed E-state index contributed by atoms with van der Waals surface area (Å²) in [5, 5.41) is 0. The van der Waals surface area contributed by atoms with Crippen molar-refractivity contribution in [2.75, 3.05) is 33.0 Å². The van der Waals surface area contributed by atoms with Gasteiger partial charge in [-0.25, -0.2) is 0 Å². The second-order valence-corrected chi connectivity index (χ2v) is 8.50. The Balaban J connectivity index is 3.10. The summed E-state index contributed by atoms with van der Waals surface area (Å²) in [5.74, 6) is -0.0955. The molecule has 0 aliphatic heterocycles. The molecule has 0 atom stereocenters. The molecule has 0 rings (SSSR count). The van der Waals surface area contributed by atoms with Crippen molar-refractivity contribution >= 4 is 5.97 Å².